The molecule has 124 heavy (non-hydrogen) atoms. The molecule has 0 aliphatic heterocycles. The minimum Gasteiger partial charge on any atom is -0.456 e. The molecule has 0 spiro atoms. The van der Waals surface area contributed by atoms with Crippen molar-refractivity contribution < 1.29 is 8.83 Å². The molecule has 1 unspecified atom stereocenters. The molecule has 19 aromatic carbocycles. The van der Waals surface area contributed by atoms with Crippen LogP contribution in [0.4, 0.5) is 34.1 Å². The van der Waals surface area contributed by atoms with Gasteiger partial charge in [-0.2, -0.15) is 0 Å². The monoisotopic (exact) mass is 1620 g/mol. The average Bonchev–Trinajstić information content (AvgIpc) is 0.796. The van der Waals surface area contributed by atoms with Crippen LogP contribution in [-0.2, 0) is 0 Å². The quantitative estimate of drug-likeness (QED) is 0.0433. The first-order chi connectivity index (χ1) is 61.1. The summed E-state index contributed by atoms with van der Waals surface area (Å²) in [5, 5.41) is 23.1. The van der Waals surface area contributed by atoms with E-state index in [4.69, 9.17) is 8.83 Å². The maximum atomic E-state index is 6.68. The summed E-state index contributed by atoms with van der Waals surface area (Å²) in [5.41, 5.74) is 20.7. The fourth-order valence-electron chi connectivity index (χ4n) is 20.6. The van der Waals surface area contributed by atoms with Gasteiger partial charge in [0.25, 0.3) is 0 Å². The Morgan fingerprint density at radius 1 is 0.258 bits per heavy atom. The number of hydrogen-bond acceptors (Lipinski definition) is 4. The number of fused-ring (bicyclic) bond motifs is 6. The lowest BCUT2D eigenvalue weighted by Gasteiger charge is -2.36. The van der Waals surface area contributed by atoms with Crippen molar-refractivity contribution in [1.29, 1.82) is 0 Å². The lowest BCUT2D eigenvalue weighted by Crippen LogP contribution is -2.74. The fraction of sp³-hybridized carbons (Fsp3) is 0.0678. The van der Waals surface area contributed by atoms with E-state index in [0.717, 1.165) is 101 Å². The highest BCUT2D eigenvalue weighted by Crippen LogP contribution is 2.50. The SMILES string of the molecule is CC(C)c1cc(-c2ccc(N(c3cccc(-c4ccc([Si](c5ccccc5)(c5ccccc5)c5ccccc5)cc4)c3)c3ccc4c(c3)oc3ccccc34)cc2)c2ccc3c(C(C)C)cc(-c4ccc(N(c5cccc(C6C=CC([Si](c7ccccc7)(c7ccccc7)c7ccccc7)=CC6)c5)c5ccc6c(c5)oc5ccccc56)cc4)c4ccc1c2c43. The van der Waals surface area contributed by atoms with Gasteiger partial charge >= 0.3 is 0 Å². The zero-order valence-corrected chi connectivity index (χ0v) is 71.8. The van der Waals surface area contributed by atoms with Crippen LogP contribution in [-0.4, -0.2) is 16.1 Å². The van der Waals surface area contributed by atoms with E-state index in [1.54, 1.807) is 0 Å². The van der Waals surface area contributed by atoms with Crippen LogP contribution in [0.15, 0.2) is 457 Å². The maximum Gasteiger partial charge on any atom is 0.179 e. The summed E-state index contributed by atoms with van der Waals surface area (Å²) < 4.78 is 13.4. The predicted molar refractivity (Wildman–Crippen MR) is 531 cm³/mol. The molecule has 1 aliphatic rings. The highest BCUT2D eigenvalue weighted by atomic mass is 28.3. The Kier molecular flexibility index (Phi) is 19.1. The van der Waals surface area contributed by atoms with Gasteiger partial charge in [-0.15, -0.1) is 0 Å². The molecule has 1 atom stereocenters. The summed E-state index contributed by atoms with van der Waals surface area (Å²) in [7, 11) is -5.45. The van der Waals surface area contributed by atoms with Crippen molar-refractivity contribution in [2.24, 2.45) is 0 Å². The molecular weight excluding hydrogens is 1530 g/mol. The minimum absolute atomic E-state index is 0.161. The van der Waals surface area contributed by atoms with Crippen LogP contribution in [0.5, 0.6) is 0 Å². The lowest BCUT2D eigenvalue weighted by molar-refractivity contribution is 0.668. The Bertz CT molecular complexity index is 7420. The summed E-state index contributed by atoms with van der Waals surface area (Å²) in [5.74, 6) is 0.661. The van der Waals surface area contributed by atoms with Crippen molar-refractivity contribution in [2.75, 3.05) is 9.80 Å². The zero-order valence-electron chi connectivity index (χ0n) is 69.8. The van der Waals surface area contributed by atoms with Gasteiger partial charge in [-0.05, 0) is 239 Å². The maximum absolute atomic E-state index is 6.68. The van der Waals surface area contributed by atoms with Crippen LogP contribution in [0.25, 0.3) is 110 Å². The van der Waals surface area contributed by atoms with Crippen molar-refractivity contribution >= 4 is 163 Å². The van der Waals surface area contributed by atoms with Crippen LogP contribution in [0, 0.1) is 0 Å². The smallest absolute Gasteiger partial charge is 0.179 e. The van der Waals surface area contributed by atoms with Gasteiger partial charge in [0, 0.05) is 73.7 Å². The molecule has 21 aromatic rings. The van der Waals surface area contributed by atoms with Crippen molar-refractivity contribution in [1.82, 2.24) is 0 Å². The summed E-state index contributed by atoms with van der Waals surface area (Å²) >= 11 is 0. The molecule has 2 heterocycles. The normalized spacial score (nSPS) is 13.2. The number of para-hydroxylation sites is 2. The van der Waals surface area contributed by atoms with Crippen molar-refractivity contribution in [3.8, 4) is 33.4 Å². The fourth-order valence-corrected chi connectivity index (χ4v) is 30.2. The van der Waals surface area contributed by atoms with Crippen molar-refractivity contribution in [2.45, 2.75) is 51.9 Å². The van der Waals surface area contributed by atoms with E-state index in [1.165, 1.54) is 107 Å². The van der Waals surface area contributed by atoms with Gasteiger partial charge in [-0.3, -0.25) is 0 Å². The number of anilines is 6. The molecule has 2 aromatic heterocycles. The summed E-state index contributed by atoms with van der Waals surface area (Å²) in [6, 6.07) is 159. The van der Waals surface area contributed by atoms with Gasteiger partial charge in [-0.25, -0.2) is 0 Å². The largest absolute Gasteiger partial charge is 0.456 e. The molecule has 0 radical (unpaired) electrons. The van der Waals surface area contributed by atoms with Crippen LogP contribution < -0.4 is 46.1 Å². The Balaban J connectivity index is 0.630. The molecule has 0 N–H and O–H groups in total. The zero-order chi connectivity index (χ0) is 83.0. The van der Waals surface area contributed by atoms with Gasteiger partial charge in [0.05, 0.1) is 0 Å². The van der Waals surface area contributed by atoms with Crippen LogP contribution in [0.1, 0.15) is 68.6 Å². The standard InChI is InChI=1S/C118H90N2O2Si2/c1-79(2)109-77-111(83-49-57-87(58-50-83)119(91-61-67-103-101-45-23-25-47-113(101)121-115(103)75-91)89-31-27-29-85(73-89)81-53-63-99(64-54-81)123(93-33-11-5-12-34-93,94-35-13-6-14-36-94)95-37-15-7-16-38-95)107-72-70-106-110(80(3)4)78-112(108-71-69-105(109)117(107)118(106)108)84-51-59-88(60-52-84)120(92-62-68-104-102-46-24-26-48-114(102)122-116(104)76-92)90-32-28-30-86(74-90)82-55-65-100(66-56-82)124(96-39-17-8-18-40-96,97-41-19-9-20-42-97)98-43-21-10-22-44-98/h5-55,57-80,82H,56H2,1-4H3. The lowest BCUT2D eigenvalue weighted by atomic mass is 9.81. The first-order valence-corrected chi connectivity index (χ1v) is 47.6. The average molecular weight is 1620 g/mol. The molecule has 592 valence electrons. The molecule has 0 fully saturated rings. The number of furan rings is 2. The minimum atomic E-state index is -2.75. The van der Waals surface area contributed by atoms with E-state index in [-0.39, 0.29) is 17.8 Å². The Labute approximate surface area is 726 Å². The van der Waals surface area contributed by atoms with Gasteiger partial charge in [-0.1, -0.05) is 361 Å². The molecule has 6 heteroatoms. The Hall–Kier alpha value is -14.7. The van der Waals surface area contributed by atoms with Gasteiger partial charge in [0.2, 0.25) is 0 Å². The van der Waals surface area contributed by atoms with Crippen molar-refractivity contribution in [3.05, 3.63) is 465 Å². The van der Waals surface area contributed by atoms with Crippen LogP contribution in [0.3, 0.4) is 0 Å². The number of hydrogen-bond donors (Lipinski definition) is 0. The van der Waals surface area contributed by atoms with E-state index in [0.29, 0.717) is 0 Å². The second-order valence-corrected chi connectivity index (χ2v) is 41.6. The highest BCUT2D eigenvalue weighted by molar-refractivity contribution is 7.20. The van der Waals surface area contributed by atoms with Gasteiger partial charge < -0.3 is 18.6 Å². The second kappa shape index (κ2) is 31.4. The first-order valence-electron chi connectivity index (χ1n) is 43.6. The Morgan fingerprint density at radius 3 is 1.02 bits per heavy atom. The predicted octanol–water partition coefficient (Wildman–Crippen LogP) is 27.6. The third-order valence-corrected chi connectivity index (χ3v) is 36.0. The Morgan fingerprint density at radius 2 is 0.605 bits per heavy atom. The van der Waals surface area contributed by atoms with Gasteiger partial charge in [0.1, 0.15) is 22.3 Å². The third-order valence-electron chi connectivity index (χ3n) is 26.4. The van der Waals surface area contributed by atoms with Gasteiger partial charge in [0.15, 0.2) is 16.1 Å². The molecule has 4 nitrogen and oxygen atoms in total. The molecule has 1 aliphatic carbocycles. The van der Waals surface area contributed by atoms with E-state index in [1.807, 2.05) is 6.07 Å². The second-order valence-electron chi connectivity index (χ2n) is 34.0. The topological polar surface area (TPSA) is 32.8 Å². The van der Waals surface area contributed by atoms with Crippen LogP contribution in [0.2, 0.25) is 0 Å². The molecule has 0 bridgehead atoms. The number of rotatable bonds is 20. The molecule has 22 rings (SSSR count). The molecule has 0 saturated carbocycles. The van der Waals surface area contributed by atoms with E-state index >= 15 is 0 Å². The molecule has 0 amide bonds. The van der Waals surface area contributed by atoms with Crippen LogP contribution >= 0.6 is 0 Å². The molecular formula is C118H90N2O2Si2. The third kappa shape index (κ3) is 12.8. The summed E-state index contributed by atoms with van der Waals surface area (Å²) in [6.45, 7) is 9.41. The van der Waals surface area contributed by atoms with E-state index in [2.05, 4.69) is 474 Å². The highest BCUT2D eigenvalue weighted by Gasteiger charge is 2.44. The number of nitrogens with zero attached hydrogens (tertiary/aromatic N) is 2. The summed E-state index contributed by atoms with van der Waals surface area (Å²) in [6.07, 6.45) is 8.38. The summed E-state index contributed by atoms with van der Waals surface area (Å²) in [4.78, 5) is 4.82. The molecule has 0 saturated heterocycles. The van der Waals surface area contributed by atoms with E-state index in [9.17, 15) is 0 Å². The number of allylic oxidation sites excluding steroid dienone is 4. The van der Waals surface area contributed by atoms with E-state index < -0.39 is 16.1 Å². The first kappa shape index (κ1) is 75.5. The van der Waals surface area contributed by atoms with Crippen molar-refractivity contribution in [3.63, 3.8) is 0 Å². The number of benzene rings is 19.